The third-order valence-corrected chi connectivity index (χ3v) is 3.91. The molecule has 2 unspecified atom stereocenters. The fraction of sp³-hybridized carbons (Fsp3) is 0.733. The number of carbonyl (C=O) groups excluding carboxylic acids is 1. The minimum absolute atomic E-state index is 0.0151. The van der Waals surface area contributed by atoms with Crippen LogP contribution in [0.4, 0.5) is 0 Å². The van der Waals surface area contributed by atoms with Gasteiger partial charge in [-0.1, -0.05) is 0 Å². The summed E-state index contributed by atoms with van der Waals surface area (Å²) in [5.74, 6) is -0.182. The van der Waals surface area contributed by atoms with Crippen molar-refractivity contribution in [1.82, 2.24) is 14.7 Å². The van der Waals surface area contributed by atoms with E-state index in [-0.39, 0.29) is 23.7 Å². The first kappa shape index (κ1) is 15.8. The average Bonchev–Trinajstić information content (AvgIpc) is 2.45. The van der Waals surface area contributed by atoms with E-state index >= 15 is 0 Å². The number of hydrogen-bond acceptors (Lipinski definition) is 5. The van der Waals surface area contributed by atoms with Crippen molar-refractivity contribution in [2.75, 3.05) is 46.3 Å². The van der Waals surface area contributed by atoms with Crippen molar-refractivity contribution in [2.24, 2.45) is 0 Å². The molecule has 2 aliphatic rings. The van der Waals surface area contributed by atoms with Gasteiger partial charge in [0.05, 0.1) is 12.2 Å². The Kier molecular flexibility index (Phi) is 5.21. The largest absolute Gasteiger partial charge is 0.374 e. The highest BCUT2D eigenvalue weighted by molar-refractivity contribution is 5.97. The number of amides is 1. The molecule has 0 spiro atoms. The normalized spacial score (nSPS) is 28.4. The quantitative estimate of drug-likeness (QED) is 0.540. The number of hydrogen-bond donors (Lipinski definition) is 0. The van der Waals surface area contributed by atoms with E-state index in [1.807, 2.05) is 13.8 Å². The Bertz CT molecular complexity index is 439. The second kappa shape index (κ2) is 6.92. The first-order valence-electron chi connectivity index (χ1n) is 7.49. The highest BCUT2D eigenvalue weighted by Crippen LogP contribution is 2.14. The van der Waals surface area contributed by atoms with Crippen LogP contribution in [0.1, 0.15) is 13.8 Å². The van der Waals surface area contributed by atoms with Crippen LogP contribution >= 0.6 is 0 Å². The van der Waals surface area contributed by atoms with Crippen molar-refractivity contribution in [3.8, 4) is 6.07 Å². The van der Waals surface area contributed by atoms with Crippen LogP contribution in [0.2, 0.25) is 0 Å². The fourth-order valence-electron chi connectivity index (χ4n) is 2.78. The summed E-state index contributed by atoms with van der Waals surface area (Å²) in [6.45, 7) is 8.61. The van der Waals surface area contributed by atoms with E-state index in [1.165, 1.54) is 0 Å². The molecule has 1 amide bonds. The average molecular weight is 292 g/mol. The highest BCUT2D eigenvalue weighted by atomic mass is 16.5. The number of nitriles is 1. The molecule has 2 saturated heterocycles. The molecule has 2 fully saturated rings. The maximum absolute atomic E-state index is 12.5. The van der Waals surface area contributed by atoms with Crippen LogP contribution in [0.25, 0.3) is 0 Å². The minimum atomic E-state index is -0.182. The van der Waals surface area contributed by atoms with Gasteiger partial charge in [0.15, 0.2) is 0 Å². The molecule has 2 aliphatic heterocycles. The Hall–Kier alpha value is -1.58. The van der Waals surface area contributed by atoms with Crippen molar-refractivity contribution in [1.29, 1.82) is 5.26 Å². The molecule has 0 bridgehead atoms. The number of carbonyl (C=O) groups is 1. The Morgan fingerprint density at radius 1 is 1.19 bits per heavy atom. The monoisotopic (exact) mass is 292 g/mol. The van der Waals surface area contributed by atoms with Gasteiger partial charge in [-0.15, -0.1) is 0 Å². The van der Waals surface area contributed by atoms with Crippen LogP contribution in [-0.2, 0) is 9.53 Å². The van der Waals surface area contributed by atoms with Gasteiger partial charge in [0.2, 0.25) is 0 Å². The Morgan fingerprint density at radius 2 is 1.76 bits per heavy atom. The third-order valence-electron chi connectivity index (χ3n) is 3.91. The lowest BCUT2D eigenvalue weighted by Crippen LogP contribution is -2.49. The Labute approximate surface area is 126 Å². The van der Waals surface area contributed by atoms with Crippen LogP contribution in [0.5, 0.6) is 0 Å². The van der Waals surface area contributed by atoms with Crippen LogP contribution < -0.4 is 0 Å². The summed E-state index contributed by atoms with van der Waals surface area (Å²) in [7, 11) is 2.08. The van der Waals surface area contributed by atoms with Gasteiger partial charge in [0, 0.05) is 45.5 Å². The van der Waals surface area contributed by atoms with Crippen LogP contribution in [0.3, 0.4) is 0 Å². The lowest BCUT2D eigenvalue weighted by molar-refractivity contribution is -0.138. The Morgan fingerprint density at radius 3 is 2.29 bits per heavy atom. The zero-order chi connectivity index (χ0) is 15.4. The highest BCUT2D eigenvalue weighted by Gasteiger charge is 2.28. The van der Waals surface area contributed by atoms with Gasteiger partial charge in [0.25, 0.3) is 5.91 Å². The summed E-state index contributed by atoms with van der Waals surface area (Å²) >= 11 is 0. The molecular formula is C15H24N4O2. The topological polar surface area (TPSA) is 59.8 Å². The summed E-state index contributed by atoms with van der Waals surface area (Å²) in [5, 5.41) is 9.31. The molecule has 2 heterocycles. The van der Waals surface area contributed by atoms with Gasteiger partial charge < -0.3 is 19.4 Å². The molecule has 2 rings (SSSR count). The fourth-order valence-corrected chi connectivity index (χ4v) is 2.78. The first-order valence-corrected chi connectivity index (χ1v) is 7.49. The van der Waals surface area contributed by atoms with E-state index < -0.39 is 0 Å². The van der Waals surface area contributed by atoms with Gasteiger partial charge in [-0.2, -0.15) is 5.26 Å². The maximum atomic E-state index is 12.5. The number of ether oxygens (including phenoxy) is 1. The van der Waals surface area contributed by atoms with Crippen LogP contribution in [0, 0.1) is 11.3 Å². The van der Waals surface area contributed by atoms with E-state index in [9.17, 15) is 10.1 Å². The van der Waals surface area contributed by atoms with Crippen LogP contribution in [0.15, 0.2) is 11.8 Å². The van der Waals surface area contributed by atoms with Gasteiger partial charge in [-0.3, -0.25) is 4.79 Å². The smallest absolute Gasteiger partial charge is 0.266 e. The molecule has 0 N–H and O–H groups in total. The molecule has 0 saturated carbocycles. The molecule has 0 radical (unpaired) electrons. The van der Waals surface area contributed by atoms with Gasteiger partial charge in [-0.05, 0) is 20.9 Å². The van der Waals surface area contributed by atoms with Crippen molar-refractivity contribution in [3.63, 3.8) is 0 Å². The number of piperazine rings is 1. The van der Waals surface area contributed by atoms with Crippen molar-refractivity contribution < 1.29 is 9.53 Å². The van der Waals surface area contributed by atoms with Crippen molar-refractivity contribution >= 4 is 5.91 Å². The number of rotatable bonds is 2. The summed E-state index contributed by atoms with van der Waals surface area (Å²) in [4.78, 5) is 18.5. The molecule has 0 aromatic heterocycles. The van der Waals surface area contributed by atoms with Crippen LogP contribution in [-0.4, -0.2) is 79.1 Å². The lowest BCUT2D eigenvalue weighted by Gasteiger charge is -2.35. The second-order valence-corrected chi connectivity index (χ2v) is 5.96. The second-order valence-electron chi connectivity index (χ2n) is 5.96. The summed E-state index contributed by atoms with van der Waals surface area (Å²) in [6, 6.07) is 2.06. The number of nitrogens with zero attached hydrogens (tertiary/aromatic N) is 4. The van der Waals surface area contributed by atoms with E-state index in [4.69, 9.17) is 4.74 Å². The standard InChI is InChI=1S/C15H24N4O2/c1-12-9-19(10-13(2)21-12)15(20)14(8-16)11-18-6-4-17(3)5-7-18/h11-13H,4-7,9-10H2,1-3H3/b14-11-. The predicted octanol–water partition coefficient (Wildman–Crippen LogP) is 0.277. The van der Waals surface area contributed by atoms with E-state index in [0.29, 0.717) is 13.1 Å². The molecule has 21 heavy (non-hydrogen) atoms. The summed E-state index contributed by atoms with van der Waals surface area (Å²) in [5.41, 5.74) is 0.223. The lowest BCUT2D eigenvalue weighted by atomic mass is 10.2. The maximum Gasteiger partial charge on any atom is 0.266 e. The molecule has 2 atom stereocenters. The van der Waals surface area contributed by atoms with E-state index in [0.717, 1.165) is 26.2 Å². The Balaban J connectivity index is 2.03. The zero-order valence-electron chi connectivity index (χ0n) is 13.1. The van der Waals surface area contributed by atoms with Gasteiger partial charge in [0.1, 0.15) is 11.6 Å². The molecule has 0 aromatic carbocycles. The van der Waals surface area contributed by atoms with Crippen molar-refractivity contribution in [3.05, 3.63) is 11.8 Å². The predicted molar refractivity (Wildman–Crippen MR) is 79.4 cm³/mol. The zero-order valence-corrected chi connectivity index (χ0v) is 13.1. The summed E-state index contributed by atoms with van der Waals surface area (Å²) in [6.07, 6.45) is 1.75. The summed E-state index contributed by atoms with van der Waals surface area (Å²) < 4.78 is 5.63. The first-order chi connectivity index (χ1) is 9.99. The van der Waals surface area contributed by atoms with Gasteiger partial charge in [-0.25, -0.2) is 0 Å². The van der Waals surface area contributed by atoms with Crippen molar-refractivity contribution in [2.45, 2.75) is 26.1 Å². The van der Waals surface area contributed by atoms with Gasteiger partial charge >= 0.3 is 0 Å². The number of morpholine rings is 1. The molecule has 0 aromatic rings. The third kappa shape index (κ3) is 4.19. The van der Waals surface area contributed by atoms with E-state index in [1.54, 1.807) is 11.1 Å². The molecule has 116 valence electrons. The van der Waals surface area contributed by atoms with E-state index in [2.05, 4.69) is 22.9 Å². The SMILES string of the molecule is CC1CN(C(=O)/C(C#N)=C\N2CCN(C)CC2)CC(C)O1. The molecule has 6 nitrogen and oxygen atoms in total. The molecular weight excluding hydrogens is 268 g/mol. The molecule has 6 heteroatoms. The minimum Gasteiger partial charge on any atom is -0.374 e. The number of likely N-dealkylation sites (N-methyl/N-ethyl adjacent to an activating group) is 1. The molecule has 0 aliphatic carbocycles.